The summed E-state index contributed by atoms with van der Waals surface area (Å²) in [4.78, 5) is 26.3. The van der Waals surface area contributed by atoms with E-state index in [9.17, 15) is 9.59 Å². The second-order valence-electron chi connectivity index (χ2n) is 7.10. The Hall–Kier alpha value is -1.92. The second-order valence-corrected chi connectivity index (χ2v) is 7.10. The summed E-state index contributed by atoms with van der Waals surface area (Å²) in [5.41, 5.74) is 1.02. The normalized spacial score (nSPS) is 19.9. The molecule has 0 unspecified atom stereocenters. The number of hydrogen-bond donors (Lipinski definition) is 1. The number of hydrogen-bond acceptors (Lipinski definition) is 5. The summed E-state index contributed by atoms with van der Waals surface area (Å²) in [7, 11) is 1.34. The minimum atomic E-state index is -0.395. The average molecular weight is 360 g/mol. The van der Waals surface area contributed by atoms with Crippen molar-refractivity contribution in [3.8, 4) is 0 Å². The van der Waals surface area contributed by atoms with Gasteiger partial charge < -0.3 is 19.7 Å². The number of likely N-dealkylation sites (tertiary alicyclic amines) is 1. The van der Waals surface area contributed by atoms with Crippen molar-refractivity contribution in [2.24, 2.45) is 5.92 Å². The number of carbonyl (C=O) groups is 2. The summed E-state index contributed by atoms with van der Waals surface area (Å²) < 4.78 is 10.1. The molecule has 26 heavy (non-hydrogen) atoms. The van der Waals surface area contributed by atoms with Crippen LogP contribution in [0.25, 0.3) is 0 Å². The van der Waals surface area contributed by atoms with E-state index >= 15 is 0 Å². The first-order valence-corrected chi connectivity index (χ1v) is 9.45. The lowest BCUT2D eigenvalue weighted by Gasteiger charge is -2.39. The van der Waals surface area contributed by atoms with Gasteiger partial charge in [0.25, 0.3) is 5.91 Å². The maximum absolute atomic E-state index is 12.3. The quantitative estimate of drug-likeness (QED) is 0.815. The smallest absolute Gasteiger partial charge is 0.337 e. The fourth-order valence-electron chi connectivity index (χ4n) is 3.79. The molecule has 0 aliphatic carbocycles. The van der Waals surface area contributed by atoms with Gasteiger partial charge in [-0.2, -0.15) is 0 Å². The largest absolute Gasteiger partial charge is 0.465 e. The molecule has 3 rings (SSSR count). The number of piperidine rings is 1. The first-order chi connectivity index (χ1) is 12.7. The number of ether oxygens (including phenoxy) is 2. The third-order valence-electron chi connectivity index (χ3n) is 5.48. The molecule has 6 nitrogen and oxygen atoms in total. The number of benzene rings is 1. The van der Waals surface area contributed by atoms with Crippen molar-refractivity contribution in [1.82, 2.24) is 10.2 Å². The molecule has 2 aliphatic rings. The van der Waals surface area contributed by atoms with Crippen LogP contribution in [0, 0.1) is 5.92 Å². The summed E-state index contributed by atoms with van der Waals surface area (Å²) in [6.07, 6.45) is 4.53. The van der Waals surface area contributed by atoms with E-state index in [-0.39, 0.29) is 5.91 Å². The van der Waals surface area contributed by atoms with E-state index in [1.54, 1.807) is 24.3 Å². The van der Waals surface area contributed by atoms with Crippen molar-refractivity contribution in [1.29, 1.82) is 0 Å². The minimum Gasteiger partial charge on any atom is -0.465 e. The molecule has 1 N–H and O–H groups in total. The lowest BCUT2D eigenvalue weighted by atomic mass is 9.94. The van der Waals surface area contributed by atoms with E-state index < -0.39 is 5.97 Å². The van der Waals surface area contributed by atoms with Crippen LogP contribution in [-0.2, 0) is 9.47 Å². The van der Waals surface area contributed by atoms with Crippen LogP contribution in [0.15, 0.2) is 24.3 Å². The fraction of sp³-hybridized carbons (Fsp3) is 0.600. The predicted octanol–water partition coefficient (Wildman–Crippen LogP) is 2.09. The topological polar surface area (TPSA) is 67.9 Å². The summed E-state index contributed by atoms with van der Waals surface area (Å²) in [5.74, 6) is 0.0471. The maximum atomic E-state index is 12.3. The second kappa shape index (κ2) is 9.14. The van der Waals surface area contributed by atoms with Crippen LogP contribution < -0.4 is 5.32 Å². The van der Waals surface area contributed by atoms with Gasteiger partial charge in [-0.3, -0.25) is 4.79 Å². The van der Waals surface area contributed by atoms with E-state index in [1.165, 1.54) is 7.11 Å². The Kier molecular flexibility index (Phi) is 6.63. The lowest BCUT2D eigenvalue weighted by molar-refractivity contribution is 0.0211. The molecule has 2 aliphatic heterocycles. The molecule has 1 amide bonds. The molecule has 0 radical (unpaired) electrons. The first kappa shape index (κ1) is 18.9. The van der Waals surface area contributed by atoms with E-state index in [1.807, 2.05) is 0 Å². The summed E-state index contributed by atoms with van der Waals surface area (Å²) in [6.45, 7) is 4.70. The molecule has 0 bridgehead atoms. The molecule has 0 spiro atoms. The van der Waals surface area contributed by atoms with E-state index in [0.717, 1.165) is 52.0 Å². The van der Waals surface area contributed by atoms with Crippen LogP contribution in [-0.4, -0.2) is 62.8 Å². The van der Waals surface area contributed by atoms with Gasteiger partial charge in [0.05, 0.1) is 12.7 Å². The predicted molar refractivity (Wildman–Crippen MR) is 98.3 cm³/mol. The van der Waals surface area contributed by atoms with Gasteiger partial charge in [-0.1, -0.05) is 0 Å². The van der Waals surface area contributed by atoms with Crippen molar-refractivity contribution in [2.45, 2.75) is 31.7 Å². The lowest BCUT2D eigenvalue weighted by Crippen LogP contribution is -2.45. The Labute approximate surface area is 154 Å². The van der Waals surface area contributed by atoms with Crippen molar-refractivity contribution in [3.05, 3.63) is 35.4 Å². The van der Waals surface area contributed by atoms with Gasteiger partial charge in [0.2, 0.25) is 0 Å². The third-order valence-corrected chi connectivity index (χ3v) is 5.48. The number of amides is 1. The highest BCUT2D eigenvalue weighted by molar-refractivity contribution is 5.96. The zero-order valence-corrected chi connectivity index (χ0v) is 15.4. The van der Waals surface area contributed by atoms with Crippen LogP contribution in [0.5, 0.6) is 0 Å². The first-order valence-electron chi connectivity index (χ1n) is 9.45. The van der Waals surface area contributed by atoms with Gasteiger partial charge in [0, 0.05) is 31.4 Å². The fourth-order valence-corrected chi connectivity index (χ4v) is 3.79. The number of esters is 1. The van der Waals surface area contributed by atoms with Crippen LogP contribution in [0.2, 0.25) is 0 Å². The van der Waals surface area contributed by atoms with Crippen molar-refractivity contribution in [3.63, 3.8) is 0 Å². The Balaban J connectivity index is 1.41. The zero-order valence-electron chi connectivity index (χ0n) is 15.4. The Morgan fingerprint density at radius 2 is 1.69 bits per heavy atom. The SMILES string of the molecule is COC(=O)c1ccc(C(=O)NCC2CCN(C3CCOCC3)CC2)cc1. The highest BCUT2D eigenvalue weighted by Gasteiger charge is 2.26. The number of methoxy groups -OCH3 is 1. The number of nitrogens with zero attached hydrogens (tertiary/aromatic N) is 1. The molecule has 2 saturated heterocycles. The molecular formula is C20H28N2O4. The number of rotatable bonds is 5. The zero-order chi connectivity index (χ0) is 18.4. The number of nitrogens with one attached hydrogen (secondary N) is 1. The van der Waals surface area contributed by atoms with E-state index in [4.69, 9.17) is 4.74 Å². The molecule has 0 aromatic heterocycles. The van der Waals surface area contributed by atoms with Gasteiger partial charge in [0.1, 0.15) is 0 Å². The van der Waals surface area contributed by atoms with Crippen LogP contribution in [0.3, 0.4) is 0 Å². The van der Waals surface area contributed by atoms with Gasteiger partial charge >= 0.3 is 5.97 Å². The van der Waals surface area contributed by atoms with Gasteiger partial charge in [-0.05, 0) is 69.0 Å². The summed E-state index contributed by atoms with van der Waals surface area (Å²) in [6, 6.07) is 7.23. The van der Waals surface area contributed by atoms with Crippen molar-refractivity contribution < 1.29 is 19.1 Å². The highest BCUT2D eigenvalue weighted by atomic mass is 16.5. The summed E-state index contributed by atoms with van der Waals surface area (Å²) in [5, 5.41) is 3.03. The van der Waals surface area contributed by atoms with Gasteiger partial charge in [-0.15, -0.1) is 0 Å². The van der Waals surface area contributed by atoms with E-state index in [0.29, 0.717) is 29.6 Å². The van der Waals surface area contributed by atoms with Crippen molar-refractivity contribution in [2.75, 3.05) is 40.0 Å². The molecule has 6 heteroatoms. The molecular weight excluding hydrogens is 332 g/mol. The van der Waals surface area contributed by atoms with Gasteiger partial charge in [0.15, 0.2) is 0 Å². The molecule has 2 heterocycles. The monoisotopic (exact) mass is 360 g/mol. The van der Waals surface area contributed by atoms with Crippen LogP contribution in [0.1, 0.15) is 46.4 Å². The Morgan fingerprint density at radius 3 is 2.31 bits per heavy atom. The van der Waals surface area contributed by atoms with E-state index in [2.05, 4.69) is 15.0 Å². The molecule has 1 aromatic rings. The van der Waals surface area contributed by atoms with Crippen LogP contribution in [0.4, 0.5) is 0 Å². The Morgan fingerprint density at radius 1 is 1.08 bits per heavy atom. The maximum Gasteiger partial charge on any atom is 0.337 e. The summed E-state index contributed by atoms with van der Waals surface area (Å²) >= 11 is 0. The van der Waals surface area contributed by atoms with Crippen LogP contribution >= 0.6 is 0 Å². The highest BCUT2D eigenvalue weighted by Crippen LogP contribution is 2.22. The third kappa shape index (κ3) is 4.83. The molecule has 0 atom stereocenters. The Bertz CT molecular complexity index is 603. The minimum absolute atomic E-state index is 0.0896. The number of carbonyl (C=O) groups excluding carboxylic acids is 2. The van der Waals surface area contributed by atoms with Gasteiger partial charge in [-0.25, -0.2) is 4.79 Å². The molecule has 0 saturated carbocycles. The standard InChI is InChI=1S/C20H28N2O4/c1-25-20(24)17-4-2-16(3-5-17)19(23)21-14-15-6-10-22(11-7-15)18-8-12-26-13-9-18/h2-5,15,18H,6-14H2,1H3,(H,21,23). The van der Waals surface area contributed by atoms with Crippen molar-refractivity contribution >= 4 is 11.9 Å². The molecule has 2 fully saturated rings. The molecule has 1 aromatic carbocycles. The molecule has 142 valence electrons. The average Bonchev–Trinajstić information content (AvgIpc) is 2.72.